The highest BCUT2D eigenvalue weighted by Gasteiger charge is 2.05. The van der Waals surface area contributed by atoms with Gasteiger partial charge >= 0.3 is 0 Å². The molecule has 0 aliphatic rings. The largest absolute Gasteiger partial charge is 0.396 e. The Morgan fingerprint density at radius 1 is 1.54 bits per heavy atom. The fourth-order valence-corrected chi connectivity index (χ4v) is 1.01. The van der Waals surface area contributed by atoms with Gasteiger partial charge in [0, 0.05) is 6.20 Å². The lowest BCUT2D eigenvalue weighted by Gasteiger charge is -1.95. The zero-order valence-corrected chi connectivity index (χ0v) is 7.14. The van der Waals surface area contributed by atoms with E-state index in [1.165, 1.54) is 0 Å². The van der Waals surface area contributed by atoms with Crippen molar-refractivity contribution in [1.29, 1.82) is 0 Å². The van der Waals surface area contributed by atoms with E-state index in [0.29, 0.717) is 12.2 Å². The number of aryl methyl sites for hydroxylation is 1. The lowest BCUT2D eigenvalue weighted by Crippen LogP contribution is -2.01. The van der Waals surface area contributed by atoms with Gasteiger partial charge in [-0.3, -0.25) is 4.68 Å². The third-order valence-corrected chi connectivity index (χ3v) is 1.71. The summed E-state index contributed by atoms with van der Waals surface area (Å²) < 4.78 is 6.23. The molecule has 0 bridgehead atoms. The van der Waals surface area contributed by atoms with E-state index >= 15 is 0 Å². The van der Waals surface area contributed by atoms with Crippen molar-refractivity contribution in [3.05, 3.63) is 23.8 Å². The first kappa shape index (κ1) is 7.78. The standard InChI is InChI=1S/C7H9N5O/c1-5-7(11-13-10-5)4-12-3-6(8)2-9-12/h2-3H,4,8H2,1H3. The fraction of sp³-hybridized carbons (Fsp3) is 0.286. The molecule has 0 unspecified atom stereocenters. The molecule has 2 N–H and O–H groups in total. The smallest absolute Gasteiger partial charge is 0.129 e. The van der Waals surface area contributed by atoms with Gasteiger partial charge in [0.25, 0.3) is 0 Å². The highest BCUT2D eigenvalue weighted by atomic mass is 16.6. The molecule has 13 heavy (non-hydrogen) atoms. The number of rotatable bonds is 2. The molecule has 2 rings (SSSR count). The summed E-state index contributed by atoms with van der Waals surface area (Å²) in [5, 5.41) is 11.4. The second-order valence-electron chi connectivity index (χ2n) is 2.77. The number of hydrogen-bond donors (Lipinski definition) is 1. The lowest BCUT2D eigenvalue weighted by atomic mass is 10.3. The zero-order valence-electron chi connectivity index (χ0n) is 7.14. The van der Waals surface area contributed by atoms with Crippen molar-refractivity contribution in [2.45, 2.75) is 13.5 Å². The van der Waals surface area contributed by atoms with Gasteiger partial charge in [-0.15, -0.1) is 0 Å². The maximum absolute atomic E-state index is 5.50. The van der Waals surface area contributed by atoms with Gasteiger partial charge in [-0.1, -0.05) is 10.3 Å². The average molecular weight is 179 g/mol. The minimum atomic E-state index is 0.534. The molecule has 2 aromatic heterocycles. The van der Waals surface area contributed by atoms with Crippen LogP contribution in [0.2, 0.25) is 0 Å². The second-order valence-corrected chi connectivity index (χ2v) is 2.77. The van der Waals surface area contributed by atoms with Crippen LogP contribution in [0, 0.1) is 6.92 Å². The summed E-state index contributed by atoms with van der Waals surface area (Å²) in [7, 11) is 0. The van der Waals surface area contributed by atoms with Gasteiger partial charge in [0.15, 0.2) is 0 Å². The molecule has 6 nitrogen and oxygen atoms in total. The van der Waals surface area contributed by atoms with E-state index < -0.39 is 0 Å². The van der Waals surface area contributed by atoms with Crippen LogP contribution >= 0.6 is 0 Å². The molecule has 0 fully saturated rings. The summed E-state index contributed by atoms with van der Waals surface area (Å²) in [5.41, 5.74) is 7.68. The monoisotopic (exact) mass is 179 g/mol. The Balaban J connectivity index is 2.19. The van der Waals surface area contributed by atoms with Crippen molar-refractivity contribution >= 4 is 5.69 Å². The van der Waals surface area contributed by atoms with Crippen LogP contribution in [0.1, 0.15) is 11.4 Å². The van der Waals surface area contributed by atoms with Crippen molar-refractivity contribution < 1.29 is 4.63 Å². The summed E-state index contributed by atoms with van der Waals surface area (Å²) in [6.45, 7) is 2.37. The lowest BCUT2D eigenvalue weighted by molar-refractivity contribution is 0.300. The molecule has 0 radical (unpaired) electrons. The van der Waals surface area contributed by atoms with E-state index in [9.17, 15) is 0 Å². The molecule has 0 spiro atoms. The number of nitrogens with zero attached hydrogens (tertiary/aromatic N) is 4. The zero-order chi connectivity index (χ0) is 9.26. The average Bonchev–Trinajstić information content (AvgIpc) is 2.64. The highest BCUT2D eigenvalue weighted by Crippen LogP contribution is 2.04. The Morgan fingerprint density at radius 2 is 2.38 bits per heavy atom. The third kappa shape index (κ3) is 1.51. The van der Waals surface area contributed by atoms with Crippen molar-refractivity contribution in [2.24, 2.45) is 0 Å². The Hall–Kier alpha value is -1.85. The van der Waals surface area contributed by atoms with Gasteiger partial charge in [-0.05, 0) is 6.92 Å². The molecule has 0 aliphatic carbocycles. The Bertz CT molecular complexity index is 404. The van der Waals surface area contributed by atoms with Crippen molar-refractivity contribution in [3.8, 4) is 0 Å². The van der Waals surface area contributed by atoms with Crippen LogP contribution in [0.15, 0.2) is 17.0 Å². The molecule has 0 saturated heterocycles. The minimum Gasteiger partial charge on any atom is -0.396 e. The molecule has 6 heteroatoms. The summed E-state index contributed by atoms with van der Waals surface area (Å²) in [5.74, 6) is 0. The van der Waals surface area contributed by atoms with Crippen LogP contribution in [0.5, 0.6) is 0 Å². The highest BCUT2D eigenvalue weighted by molar-refractivity contribution is 5.30. The van der Waals surface area contributed by atoms with Crippen LogP contribution in [0.3, 0.4) is 0 Å². The van der Waals surface area contributed by atoms with E-state index in [0.717, 1.165) is 11.4 Å². The predicted octanol–water partition coefficient (Wildman–Crippen LogP) is 0.205. The quantitative estimate of drug-likeness (QED) is 0.712. The molecule has 0 aliphatic heterocycles. The minimum absolute atomic E-state index is 0.534. The van der Waals surface area contributed by atoms with Crippen LogP contribution in [0.25, 0.3) is 0 Å². The molecule has 0 atom stereocenters. The molecule has 0 amide bonds. The topological polar surface area (TPSA) is 82.8 Å². The van der Waals surface area contributed by atoms with Gasteiger partial charge in [-0.25, -0.2) is 4.63 Å². The summed E-state index contributed by atoms with van der Waals surface area (Å²) in [6.07, 6.45) is 3.32. The first-order chi connectivity index (χ1) is 6.25. The van der Waals surface area contributed by atoms with Crippen LogP contribution in [-0.2, 0) is 6.54 Å². The van der Waals surface area contributed by atoms with E-state index in [4.69, 9.17) is 5.73 Å². The number of nitrogen functional groups attached to an aromatic ring is 1. The molecule has 0 aromatic carbocycles. The van der Waals surface area contributed by atoms with Crippen molar-refractivity contribution in [1.82, 2.24) is 20.1 Å². The van der Waals surface area contributed by atoms with Crippen LogP contribution in [0.4, 0.5) is 5.69 Å². The van der Waals surface area contributed by atoms with Crippen molar-refractivity contribution in [2.75, 3.05) is 5.73 Å². The Labute approximate surface area is 74.3 Å². The van der Waals surface area contributed by atoms with Gasteiger partial charge < -0.3 is 5.73 Å². The maximum Gasteiger partial charge on any atom is 0.129 e. The Kier molecular flexibility index (Phi) is 1.73. The summed E-state index contributed by atoms with van der Waals surface area (Å²) in [6, 6.07) is 0. The van der Waals surface area contributed by atoms with Gasteiger partial charge in [0.1, 0.15) is 11.4 Å². The first-order valence-corrected chi connectivity index (χ1v) is 3.81. The van der Waals surface area contributed by atoms with Crippen molar-refractivity contribution in [3.63, 3.8) is 0 Å². The fourth-order valence-electron chi connectivity index (χ4n) is 1.01. The van der Waals surface area contributed by atoms with E-state index in [2.05, 4.69) is 20.0 Å². The van der Waals surface area contributed by atoms with Crippen LogP contribution < -0.4 is 5.73 Å². The van der Waals surface area contributed by atoms with E-state index in [1.54, 1.807) is 17.1 Å². The molecular formula is C7H9N5O. The van der Waals surface area contributed by atoms with Gasteiger partial charge in [0.2, 0.25) is 0 Å². The van der Waals surface area contributed by atoms with E-state index in [1.807, 2.05) is 6.92 Å². The second kappa shape index (κ2) is 2.89. The molecule has 2 heterocycles. The molecule has 2 aromatic rings. The van der Waals surface area contributed by atoms with Crippen LogP contribution in [-0.4, -0.2) is 20.1 Å². The third-order valence-electron chi connectivity index (χ3n) is 1.71. The molecular weight excluding hydrogens is 170 g/mol. The maximum atomic E-state index is 5.50. The number of aromatic nitrogens is 4. The first-order valence-electron chi connectivity index (χ1n) is 3.81. The molecule has 68 valence electrons. The number of nitrogens with two attached hydrogens (primary N) is 1. The Morgan fingerprint density at radius 3 is 2.92 bits per heavy atom. The summed E-state index contributed by atoms with van der Waals surface area (Å²) >= 11 is 0. The SMILES string of the molecule is Cc1nonc1Cn1cc(N)cn1. The number of hydrogen-bond acceptors (Lipinski definition) is 5. The van der Waals surface area contributed by atoms with E-state index in [-0.39, 0.29) is 0 Å². The van der Waals surface area contributed by atoms with Gasteiger partial charge in [0.05, 0.1) is 18.4 Å². The van der Waals surface area contributed by atoms with Gasteiger partial charge in [-0.2, -0.15) is 5.10 Å². The predicted molar refractivity (Wildman–Crippen MR) is 44.8 cm³/mol. The molecule has 0 saturated carbocycles. The summed E-state index contributed by atoms with van der Waals surface area (Å²) in [4.78, 5) is 0. The number of anilines is 1. The normalized spacial score (nSPS) is 10.5.